The van der Waals surface area contributed by atoms with Gasteiger partial charge in [-0.05, 0) is 37.9 Å². The number of nitrogens with two attached hydrogens (primary N) is 1. The van der Waals surface area contributed by atoms with E-state index < -0.39 is 11.6 Å². The summed E-state index contributed by atoms with van der Waals surface area (Å²) in [7, 11) is 1.35. The summed E-state index contributed by atoms with van der Waals surface area (Å²) in [5, 5.41) is 0. The fourth-order valence-electron chi connectivity index (χ4n) is 4.81. The molecule has 0 aliphatic carbocycles. The van der Waals surface area contributed by atoms with Crippen molar-refractivity contribution < 1.29 is 14.3 Å². The van der Waals surface area contributed by atoms with Crippen molar-refractivity contribution in [3.05, 3.63) is 71.8 Å². The standard InChI is InChI=1S/C27H38N4O3/c1-27(2,21-24(32)34-3)31(26(28)33)16-10-15-29-17-19-30(20-18-29)25(22-11-6-4-7-12-22)23-13-8-5-9-14-23/h4-9,11-14,25H,10,15-21H2,1-3H3,(H2,28,33). The number of piperazine rings is 1. The van der Waals surface area contributed by atoms with Gasteiger partial charge in [0.1, 0.15) is 0 Å². The lowest BCUT2D eigenvalue weighted by atomic mass is 9.96. The van der Waals surface area contributed by atoms with Crippen molar-refractivity contribution in [2.24, 2.45) is 5.73 Å². The number of carbonyl (C=O) groups is 2. The first-order chi connectivity index (χ1) is 16.3. The topological polar surface area (TPSA) is 79.1 Å². The van der Waals surface area contributed by atoms with E-state index in [4.69, 9.17) is 10.5 Å². The maximum Gasteiger partial charge on any atom is 0.315 e. The van der Waals surface area contributed by atoms with Gasteiger partial charge in [-0.25, -0.2) is 4.79 Å². The largest absolute Gasteiger partial charge is 0.469 e. The summed E-state index contributed by atoms with van der Waals surface area (Å²) in [6.07, 6.45) is 0.916. The summed E-state index contributed by atoms with van der Waals surface area (Å²) in [5.74, 6) is -0.348. The number of hydrogen-bond acceptors (Lipinski definition) is 5. The van der Waals surface area contributed by atoms with E-state index in [1.165, 1.54) is 18.2 Å². The number of primary amides is 1. The number of nitrogens with zero attached hydrogens (tertiary/aromatic N) is 3. The molecule has 1 fully saturated rings. The molecule has 0 aromatic heterocycles. The monoisotopic (exact) mass is 466 g/mol. The summed E-state index contributed by atoms with van der Waals surface area (Å²) in [6.45, 7) is 8.98. The molecule has 0 radical (unpaired) electrons. The number of amides is 2. The van der Waals surface area contributed by atoms with E-state index >= 15 is 0 Å². The molecule has 184 valence electrons. The Morgan fingerprint density at radius 3 is 1.97 bits per heavy atom. The van der Waals surface area contributed by atoms with Crippen LogP contribution in [0.1, 0.15) is 43.9 Å². The van der Waals surface area contributed by atoms with Gasteiger partial charge in [0, 0.05) is 38.3 Å². The van der Waals surface area contributed by atoms with Gasteiger partial charge >= 0.3 is 12.0 Å². The molecule has 1 heterocycles. The molecule has 3 rings (SSSR count). The third kappa shape index (κ3) is 6.81. The van der Waals surface area contributed by atoms with Gasteiger partial charge in [0.05, 0.1) is 19.6 Å². The van der Waals surface area contributed by atoms with Crippen LogP contribution in [0, 0.1) is 0 Å². The molecule has 34 heavy (non-hydrogen) atoms. The van der Waals surface area contributed by atoms with E-state index in [1.54, 1.807) is 4.90 Å². The molecule has 1 saturated heterocycles. The van der Waals surface area contributed by atoms with E-state index in [0.717, 1.165) is 39.1 Å². The van der Waals surface area contributed by atoms with Crippen LogP contribution in [0.2, 0.25) is 0 Å². The minimum absolute atomic E-state index is 0.117. The number of esters is 1. The van der Waals surface area contributed by atoms with Crippen LogP contribution in [0.25, 0.3) is 0 Å². The predicted octanol–water partition coefficient (Wildman–Crippen LogP) is 3.51. The van der Waals surface area contributed by atoms with Crippen LogP contribution in [0.4, 0.5) is 4.79 Å². The number of methoxy groups -OCH3 is 1. The molecule has 0 saturated carbocycles. The lowest BCUT2D eigenvalue weighted by molar-refractivity contribution is -0.143. The maximum absolute atomic E-state index is 12.1. The molecule has 0 atom stereocenters. The van der Waals surface area contributed by atoms with Crippen LogP contribution in [0.5, 0.6) is 0 Å². The molecule has 2 aromatic rings. The summed E-state index contributed by atoms with van der Waals surface area (Å²) in [5.41, 5.74) is 7.58. The van der Waals surface area contributed by atoms with Crippen molar-refractivity contribution in [3.63, 3.8) is 0 Å². The number of rotatable bonds is 10. The van der Waals surface area contributed by atoms with Crippen LogP contribution in [0.3, 0.4) is 0 Å². The second-order valence-electron chi connectivity index (χ2n) is 9.51. The highest BCUT2D eigenvalue weighted by Crippen LogP contribution is 2.29. The summed E-state index contributed by atoms with van der Waals surface area (Å²) in [6, 6.07) is 21.1. The first-order valence-corrected chi connectivity index (χ1v) is 12.0. The first-order valence-electron chi connectivity index (χ1n) is 12.0. The highest BCUT2D eigenvalue weighted by atomic mass is 16.5. The van der Waals surface area contributed by atoms with E-state index in [-0.39, 0.29) is 18.4 Å². The smallest absolute Gasteiger partial charge is 0.315 e. The first kappa shape index (κ1) is 25.7. The second kappa shape index (κ2) is 12.0. The highest BCUT2D eigenvalue weighted by Gasteiger charge is 2.32. The zero-order valence-electron chi connectivity index (χ0n) is 20.7. The Balaban J connectivity index is 1.56. The van der Waals surface area contributed by atoms with Crippen molar-refractivity contribution in [3.8, 4) is 0 Å². The highest BCUT2D eigenvalue weighted by molar-refractivity contribution is 5.75. The Hall–Kier alpha value is -2.90. The van der Waals surface area contributed by atoms with Gasteiger partial charge < -0.3 is 20.3 Å². The van der Waals surface area contributed by atoms with Gasteiger partial charge in [-0.1, -0.05) is 60.7 Å². The Bertz CT molecular complexity index is 872. The molecular formula is C27H38N4O3. The minimum Gasteiger partial charge on any atom is -0.469 e. The molecule has 2 amide bonds. The number of ether oxygens (including phenoxy) is 1. The Labute approximate surface area is 203 Å². The number of carbonyl (C=O) groups excluding carboxylic acids is 2. The lowest BCUT2D eigenvalue weighted by Crippen LogP contribution is -2.52. The number of benzene rings is 2. The summed E-state index contributed by atoms with van der Waals surface area (Å²) in [4.78, 5) is 30.4. The van der Waals surface area contributed by atoms with Crippen molar-refractivity contribution in [2.45, 2.75) is 38.3 Å². The second-order valence-corrected chi connectivity index (χ2v) is 9.51. The SMILES string of the molecule is COC(=O)CC(C)(C)N(CCCN1CCN(C(c2ccccc2)c2ccccc2)CC1)C(N)=O. The van der Waals surface area contributed by atoms with E-state index in [1.807, 2.05) is 13.8 Å². The van der Waals surface area contributed by atoms with Crippen molar-refractivity contribution in [2.75, 3.05) is 46.4 Å². The Kier molecular flexibility index (Phi) is 9.07. The van der Waals surface area contributed by atoms with Gasteiger partial charge in [0.2, 0.25) is 0 Å². The Morgan fingerprint density at radius 2 is 1.50 bits per heavy atom. The van der Waals surface area contributed by atoms with Gasteiger partial charge in [0.25, 0.3) is 0 Å². The van der Waals surface area contributed by atoms with Gasteiger partial charge in [0.15, 0.2) is 0 Å². The third-order valence-electron chi connectivity index (χ3n) is 6.66. The van der Waals surface area contributed by atoms with Crippen LogP contribution >= 0.6 is 0 Å². The number of hydrogen-bond donors (Lipinski definition) is 1. The van der Waals surface area contributed by atoms with Gasteiger partial charge in [-0.2, -0.15) is 0 Å². The zero-order chi connectivity index (χ0) is 24.6. The molecule has 1 aliphatic rings. The fraction of sp³-hybridized carbons (Fsp3) is 0.481. The molecule has 0 bridgehead atoms. The van der Waals surface area contributed by atoms with Crippen molar-refractivity contribution in [1.82, 2.24) is 14.7 Å². The predicted molar refractivity (Wildman–Crippen MR) is 134 cm³/mol. The average Bonchev–Trinajstić information content (AvgIpc) is 2.83. The maximum atomic E-state index is 12.1. The van der Waals surface area contributed by atoms with E-state index in [2.05, 4.69) is 70.5 Å². The van der Waals surface area contributed by atoms with Crippen LogP contribution in [-0.2, 0) is 9.53 Å². The molecule has 7 heteroatoms. The fourth-order valence-corrected chi connectivity index (χ4v) is 4.81. The molecule has 2 N–H and O–H groups in total. The van der Waals surface area contributed by atoms with E-state index in [0.29, 0.717) is 6.54 Å². The quantitative estimate of drug-likeness (QED) is 0.542. The van der Waals surface area contributed by atoms with Gasteiger partial charge in [-0.15, -0.1) is 0 Å². The normalized spacial score (nSPS) is 15.3. The molecule has 0 spiro atoms. The van der Waals surface area contributed by atoms with Crippen LogP contribution in [-0.4, -0.2) is 78.6 Å². The molecule has 2 aromatic carbocycles. The zero-order valence-corrected chi connectivity index (χ0v) is 20.7. The Morgan fingerprint density at radius 1 is 0.971 bits per heavy atom. The summed E-state index contributed by atoms with van der Waals surface area (Å²) < 4.78 is 4.78. The molecule has 7 nitrogen and oxygen atoms in total. The van der Waals surface area contributed by atoms with E-state index in [9.17, 15) is 9.59 Å². The average molecular weight is 467 g/mol. The van der Waals surface area contributed by atoms with Crippen LogP contribution < -0.4 is 5.73 Å². The van der Waals surface area contributed by atoms with Crippen molar-refractivity contribution >= 4 is 12.0 Å². The minimum atomic E-state index is -0.684. The lowest BCUT2D eigenvalue weighted by Gasteiger charge is -2.40. The molecular weight excluding hydrogens is 428 g/mol. The van der Waals surface area contributed by atoms with Crippen molar-refractivity contribution in [1.29, 1.82) is 0 Å². The molecule has 1 aliphatic heterocycles. The summed E-state index contributed by atoms with van der Waals surface area (Å²) >= 11 is 0. The molecule has 0 unspecified atom stereocenters. The third-order valence-corrected chi connectivity index (χ3v) is 6.66. The van der Waals surface area contributed by atoms with Crippen LogP contribution in [0.15, 0.2) is 60.7 Å². The van der Waals surface area contributed by atoms with Gasteiger partial charge in [-0.3, -0.25) is 9.69 Å². The number of urea groups is 1.